The molecular formula is C18H22N4OS. The third-order valence-corrected chi connectivity index (χ3v) is 5.98. The number of nitrogens with one attached hydrogen (secondary N) is 1. The molecule has 1 amide bonds. The van der Waals surface area contributed by atoms with Gasteiger partial charge in [0.2, 0.25) is 5.91 Å². The summed E-state index contributed by atoms with van der Waals surface area (Å²) in [4.78, 5) is 17.5. The average Bonchev–Trinajstić information content (AvgIpc) is 3.28. The maximum absolute atomic E-state index is 12.9. The first kappa shape index (κ1) is 15.6. The van der Waals surface area contributed by atoms with Gasteiger partial charge in [-0.2, -0.15) is 5.10 Å². The Labute approximate surface area is 146 Å². The van der Waals surface area contributed by atoms with Crippen molar-refractivity contribution in [2.45, 2.75) is 39.2 Å². The Morgan fingerprint density at radius 3 is 3.04 bits per heavy atom. The molecule has 2 aromatic heterocycles. The predicted octanol–water partition coefficient (Wildman–Crippen LogP) is 2.97. The Kier molecular flexibility index (Phi) is 4.00. The Morgan fingerprint density at radius 1 is 1.42 bits per heavy atom. The van der Waals surface area contributed by atoms with Gasteiger partial charge in [0, 0.05) is 47.6 Å². The van der Waals surface area contributed by atoms with Crippen LogP contribution in [-0.2, 0) is 17.8 Å². The summed E-state index contributed by atoms with van der Waals surface area (Å²) in [7, 11) is 0. The van der Waals surface area contributed by atoms with Crippen molar-refractivity contribution in [1.82, 2.24) is 15.1 Å². The molecule has 1 N–H and O–H groups in total. The maximum Gasteiger partial charge on any atom is 0.226 e. The summed E-state index contributed by atoms with van der Waals surface area (Å²) in [5.41, 5.74) is 2.16. The minimum Gasteiger partial charge on any atom is -0.369 e. The van der Waals surface area contributed by atoms with Crippen LogP contribution in [0.1, 0.15) is 40.3 Å². The number of carbonyl (C=O) groups excluding carboxylic acids is 1. The summed E-state index contributed by atoms with van der Waals surface area (Å²) in [6, 6.07) is 6.37. The number of thiophene rings is 1. The topological polar surface area (TPSA) is 58.1 Å². The van der Waals surface area contributed by atoms with E-state index in [1.54, 1.807) is 0 Å². The normalized spacial score (nSPS) is 22.2. The monoisotopic (exact) mass is 342 g/mol. The lowest BCUT2D eigenvalue weighted by Gasteiger charge is -2.28. The second kappa shape index (κ2) is 6.16. The highest BCUT2D eigenvalue weighted by atomic mass is 32.1. The lowest BCUT2D eigenvalue weighted by Crippen LogP contribution is -2.37. The van der Waals surface area contributed by atoms with Gasteiger partial charge >= 0.3 is 0 Å². The zero-order chi connectivity index (χ0) is 16.7. The molecule has 6 heteroatoms. The second-order valence-corrected chi connectivity index (χ2v) is 7.96. The molecule has 0 radical (unpaired) electrons. The summed E-state index contributed by atoms with van der Waals surface area (Å²) in [5.74, 6) is 1.71. The molecule has 126 valence electrons. The summed E-state index contributed by atoms with van der Waals surface area (Å²) in [6.07, 6.45) is 1.80. The molecule has 2 aliphatic rings. The average molecular weight is 342 g/mol. The minimum absolute atomic E-state index is 0.174. The summed E-state index contributed by atoms with van der Waals surface area (Å²) in [6.45, 7) is 6.40. The van der Waals surface area contributed by atoms with Gasteiger partial charge in [-0.15, -0.1) is 16.4 Å². The fraction of sp³-hybridized carbons (Fsp3) is 0.500. The van der Waals surface area contributed by atoms with Gasteiger partial charge in [-0.1, -0.05) is 0 Å². The standard InChI is InChI=1S/C18H22N4OS/c1-3-19-17-8-12-10-22(7-6-15(12)20-21-17)18(23)14-9-13(14)16-5-4-11(2)24-16/h4-5,8,13-14H,3,6-7,9-10H2,1-2H3,(H,19,21)/t13-,14-/m1/s1. The highest BCUT2D eigenvalue weighted by Gasteiger charge is 2.46. The van der Waals surface area contributed by atoms with Gasteiger partial charge in [0.15, 0.2) is 0 Å². The number of carbonyl (C=O) groups is 1. The van der Waals surface area contributed by atoms with E-state index in [1.807, 2.05) is 29.2 Å². The van der Waals surface area contributed by atoms with Crippen molar-refractivity contribution < 1.29 is 4.79 Å². The third kappa shape index (κ3) is 2.90. The van der Waals surface area contributed by atoms with Crippen molar-refractivity contribution in [2.24, 2.45) is 5.92 Å². The van der Waals surface area contributed by atoms with Crippen LogP contribution in [0.15, 0.2) is 18.2 Å². The van der Waals surface area contributed by atoms with Crippen LogP contribution < -0.4 is 5.32 Å². The molecular weight excluding hydrogens is 320 g/mol. The van der Waals surface area contributed by atoms with E-state index in [-0.39, 0.29) is 5.92 Å². The SMILES string of the molecule is CCNc1cc2c(nn1)CCN(C(=O)[C@@H]1C[C@H]1c1ccc(C)s1)C2. The number of anilines is 1. The smallest absolute Gasteiger partial charge is 0.226 e. The molecule has 3 heterocycles. The van der Waals surface area contributed by atoms with Gasteiger partial charge in [0.1, 0.15) is 5.82 Å². The van der Waals surface area contributed by atoms with E-state index in [0.717, 1.165) is 43.0 Å². The molecule has 0 aromatic carbocycles. The first-order valence-electron chi connectivity index (χ1n) is 8.60. The molecule has 5 nitrogen and oxygen atoms in total. The molecule has 1 aliphatic heterocycles. The van der Waals surface area contributed by atoms with Gasteiger partial charge in [-0.3, -0.25) is 4.79 Å². The molecule has 0 unspecified atom stereocenters. The van der Waals surface area contributed by atoms with Gasteiger partial charge in [-0.25, -0.2) is 0 Å². The highest BCUT2D eigenvalue weighted by molar-refractivity contribution is 7.12. The summed E-state index contributed by atoms with van der Waals surface area (Å²) >= 11 is 1.82. The molecule has 2 atom stereocenters. The number of rotatable bonds is 4. The van der Waals surface area contributed by atoms with E-state index < -0.39 is 0 Å². The fourth-order valence-electron chi connectivity index (χ4n) is 3.45. The van der Waals surface area contributed by atoms with Crippen LogP contribution in [0, 0.1) is 12.8 Å². The number of fused-ring (bicyclic) bond motifs is 1. The van der Waals surface area contributed by atoms with Crippen LogP contribution in [-0.4, -0.2) is 34.1 Å². The Hall–Kier alpha value is -1.95. The summed E-state index contributed by atoms with van der Waals surface area (Å²) < 4.78 is 0. The first-order valence-corrected chi connectivity index (χ1v) is 9.42. The maximum atomic E-state index is 12.9. The molecule has 24 heavy (non-hydrogen) atoms. The van der Waals surface area contributed by atoms with Gasteiger partial charge in [-0.05, 0) is 44.0 Å². The molecule has 0 spiro atoms. The van der Waals surface area contributed by atoms with Crippen molar-refractivity contribution in [1.29, 1.82) is 0 Å². The van der Waals surface area contributed by atoms with Crippen LogP contribution in [0.2, 0.25) is 0 Å². The predicted molar refractivity (Wildman–Crippen MR) is 95.2 cm³/mol. The van der Waals surface area contributed by atoms with Crippen molar-refractivity contribution in [3.05, 3.63) is 39.2 Å². The Morgan fingerprint density at radius 2 is 2.29 bits per heavy atom. The fourth-order valence-corrected chi connectivity index (χ4v) is 4.51. The van der Waals surface area contributed by atoms with Crippen LogP contribution in [0.4, 0.5) is 5.82 Å². The number of nitrogens with zero attached hydrogens (tertiary/aromatic N) is 3. The summed E-state index contributed by atoms with van der Waals surface area (Å²) in [5, 5.41) is 11.7. The van der Waals surface area contributed by atoms with E-state index in [2.05, 4.69) is 34.6 Å². The van der Waals surface area contributed by atoms with E-state index in [9.17, 15) is 4.79 Å². The van der Waals surface area contributed by atoms with Crippen molar-refractivity contribution >= 4 is 23.1 Å². The van der Waals surface area contributed by atoms with E-state index in [0.29, 0.717) is 18.4 Å². The minimum atomic E-state index is 0.174. The second-order valence-electron chi connectivity index (χ2n) is 6.64. The molecule has 0 bridgehead atoms. The first-order chi connectivity index (χ1) is 11.7. The lowest BCUT2D eigenvalue weighted by molar-refractivity contribution is -0.133. The van der Waals surface area contributed by atoms with Crippen LogP contribution in [0.3, 0.4) is 0 Å². The van der Waals surface area contributed by atoms with Crippen LogP contribution >= 0.6 is 11.3 Å². The van der Waals surface area contributed by atoms with Crippen molar-refractivity contribution in [2.75, 3.05) is 18.4 Å². The van der Waals surface area contributed by atoms with E-state index in [1.165, 1.54) is 9.75 Å². The zero-order valence-electron chi connectivity index (χ0n) is 14.1. The number of aryl methyl sites for hydroxylation is 1. The van der Waals surface area contributed by atoms with E-state index in [4.69, 9.17) is 0 Å². The number of amides is 1. The zero-order valence-corrected chi connectivity index (χ0v) is 14.9. The highest BCUT2D eigenvalue weighted by Crippen LogP contribution is 2.50. The molecule has 1 aliphatic carbocycles. The van der Waals surface area contributed by atoms with Crippen molar-refractivity contribution in [3.8, 4) is 0 Å². The van der Waals surface area contributed by atoms with Gasteiger partial charge < -0.3 is 10.2 Å². The Balaban J connectivity index is 1.44. The number of hydrogen-bond acceptors (Lipinski definition) is 5. The molecule has 0 saturated heterocycles. The number of hydrogen-bond donors (Lipinski definition) is 1. The number of aromatic nitrogens is 2. The molecule has 4 rings (SSSR count). The largest absolute Gasteiger partial charge is 0.369 e. The quantitative estimate of drug-likeness (QED) is 0.928. The van der Waals surface area contributed by atoms with Crippen molar-refractivity contribution in [3.63, 3.8) is 0 Å². The Bertz CT molecular complexity index is 772. The lowest BCUT2D eigenvalue weighted by atomic mass is 10.1. The molecule has 1 fully saturated rings. The third-order valence-electron chi connectivity index (χ3n) is 4.84. The van der Waals surface area contributed by atoms with Gasteiger partial charge in [0.05, 0.1) is 5.69 Å². The molecule has 1 saturated carbocycles. The van der Waals surface area contributed by atoms with E-state index >= 15 is 0 Å². The van der Waals surface area contributed by atoms with Crippen LogP contribution in [0.25, 0.3) is 0 Å². The van der Waals surface area contributed by atoms with Gasteiger partial charge in [0.25, 0.3) is 0 Å². The molecule has 2 aromatic rings. The van der Waals surface area contributed by atoms with Crippen LogP contribution in [0.5, 0.6) is 0 Å².